The molecule has 0 spiro atoms. The van der Waals surface area contributed by atoms with Crippen LogP contribution in [0.25, 0.3) is 0 Å². The van der Waals surface area contributed by atoms with Crippen LogP contribution in [-0.4, -0.2) is 41.5 Å². The average Bonchev–Trinajstić information content (AvgIpc) is 2.70. The summed E-state index contributed by atoms with van der Waals surface area (Å²) in [6, 6.07) is 8.57. The topological polar surface area (TPSA) is 63.2 Å². The van der Waals surface area contributed by atoms with Gasteiger partial charge in [-0.3, -0.25) is 0 Å². The van der Waals surface area contributed by atoms with Crippen LogP contribution in [0.1, 0.15) is 21.5 Å². The second-order valence-corrected chi connectivity index (χ2v) is 5.06. The van der Waals surface area contributed by atoms with Gasteiger partial charge in [-0.1, -0.05) is 11.8 Å². The lowest BCUT2D eigenvalue weighted by Crippen LogP contribution is -2.07. The molecule has 0 N–H and O–H groups in total. The molecule has 0 amide bonds. The summed E-state index contributed by atoms with van der Waals surface area (Å²) in [7, 11) is 7.41. The van der Waals surface area contributed by atoms with Crippen LogP contribution in [0.4, 0.5) is 0 Å². The number of methoxy groups -OCH3 is 5. The SMILES string of the molecule is COC(=O)c1c(C#Cc2ccc(OC)c(OC)c2)cc(OC)cc1OC. The van der Waals surface area contributed by atoms with Crippen molar-refractivity contribution in [1.29, 1.82) is 0 Å². The molecule has 26 heavy (non-hydrogen) atoms. The van der Waals surface area contributed by atoms with Gasteiger partial charge in [0.25, 0.3) is 0 Å². The van der Waals surface area contributed by atoms with Crippen molar-refractivity contribution >= 4 is 5.97 Å². The largest absolute Gasteiger partial charge is 0.497 e. The Balaban J connectivity index is 2.56. The first-order valence-electron chi connectivity index (χ1n) is 7.66. The molecule has 0 saturated carbocycles. The van der Waals surface area contributed by atoms with Gasteiger partial charge < -0.3 is 23.7 Å². The monoisotopic (exact) mass is 356 g/mol. The van der Waals surface area contributed by atoms with Gasteiger partial charge in [-0.15, -0.1) is 0 Å². The van der Waals surface area contributed by atoms with E-state index in [-0.39, 0.29) is 5.56 Å². The molecule has 0 bridgehead atoms. The summed E-state index contributed by atoms with van der Waals surface area (Å²) in [4.78, 5) is 12.2. The van der Waals surface area contributed by atoms with Gasteiger partial charge in [0.1, 0.15) is 17.1 Å². The second kappa shape index (κ2) is 8.67. The molecule has 0 atom stereocenters. The van der Waals surface area contributed by atoms with Gasteiger partial charge in [0, 0.05) is 17.2 Å². The van der Waals surface area contributed by atoms with Crippen molar-refractivity contribution in [2.45, 2.75) is 0 Å². The summed E-state index contributed by atoms with van der Waals surface area (Å²) < 4.78 is 25.9. The molecule has 6 heteroatoms. The summed E-state index contributed by atoms with van der Waals surface area (Å²) in [5.74, 6) is 7.46. The molecule has 0 saturated heterocycles. The third kappa shape index (κ3) is 4.01. The van der Waals surface area contributed by atoms with E-state index in [1.54, 1.807) is 44.6 Å². The van der Waals surface area contributed by atoms with Crippen molar-refractivity contribution in [3.63, 3.8) is 0 Å². The first-order valence-corrected chi connectivity index (χ1v) is 7.66. The molecule has 0 aliphatic heterocycles. The van der Waals surface area contributed by atoms with Gasteiger partial charge in [-0.2, -0.15) is 0 Å². The number of carbonyl (C=O) groups excluding carboxylic acids is 1. The zero-order valence-corrected chi connectivity index (χ0v) is 15.3. The van der Waals surface area contributed by atoms with E-state index in [0.717, 1.165) is 0 Å². The number of hydrogen-bond acceptors (Lipinski definition) is 6. The fourth-order valence-electron chi connectivity index (χ4n) is 2.33. The van der Waals surface area contributed by atoms with Crippen LogP contribution >= 0.6 is 0 Å². The quantitative estimate of drug-likeness (QED) is 0.606. The maximum Gasteiger partial charge on any atom is 0.342 e. The molecule has 0 aromatic heterocycles. The minimum absolute atomic E-state index is 0.240. The smallest absolute Gasteiger partial charge is 0.342 e. The fourth-order valence-corrected chi connectivity index (χ4v) is 2.33. The first-order chi connectivity index (χ1) is 12.6. The lowest BCUT2D eigenvalue weighted by molar-refractivity contribution is 0.0596. The highest BCUT2D eigenvalue weighted by Gasteiger charge is 2.19. The number of benzene rings is 2. The van der Waals surface area contributed by atoms with E-state index < -0.39 is 5.97 Å². The Bertz CT molecular complexity index is 861. The van der Waals surface area contributed by atoms with Crippen LogP contribution in [0.5, 0.6) is 23.0 Å². The lowest BCUT2D eigenvalue weighted by atomic mass is 10.0. The highest BCUT2D eigenvalue weighted by atomic mass is 16.5. The molecule has 0 fully saturated rings. The van der Waals surface area contributed by atoms with Crippen LogP contribution < -0.4 is 18.9 Å². The lowest BCUT2D eigenvalue weighted by Gasteiger charge is -2.11. The molecule has 0 heterocycles. The maximum atomic E-state index is 12.2. The predicted molar refractivity (Wildman–Crippen MR) is 96.4 cm³/mol. The molecule has 0 aliphatic carbocycles. The molecule has 2 rings (SSSR count). The zero-order chi connectivity index (χ0) is 19.1. The van der Waals surface area contributed by atoms with E-state index in [9.17, 15) is 4.79 Å². The van der Waals surface area contributed by atoms with E-state index in [4.69, 9.17) is 23.7 Å². The van der Waals surface area contributed by atoms with Gasteiger partial charge in [0.15, 0.2) is 11.5 Å². The van der Waals surface area contributed by atoms with Crippen LogP contribution in [0.2, 0.25) is 0 Å². The summed E-state index contributed by atoms with van der Waals surface area (Å²) in [6.45, 7) is 0. The summed E-state index contributed by atoms with van der Waals surface area (Å²) in [6.07, 6.45) is 0. The van der Waals surface area contributed by atoms with E-state index in [1.165, 1.54) is 21.3 Å². The highest BCUT2D eigenvalue weighted by Crippen LogP contribution is 2.30. The van der Waals surface area contributed by atoms with Crippen molar-refractivity contribution < 1.29 is 28.5 Å². The molecule has 0 radical (unpaired) electrons. The third-order valence-electron chi connectivity index (χ3n) is 3.65. The number of carbonyl (C=O) groups is 1. The summed E-state index contributed by atoms with van der Waals surface area (Å²) >= 11 is 0. The van der Waals surface area contributed by atoms with Crippen molar-refractivity contribution in [2.24, 2.45) is 0 Å². The minimum atomic E-state index is -0.541. The van der Waals surface area contributed by atoms with Crippen molar-refractivity contribution in [3.05, 3.63) is 47.0 Å². The number of rotatable bonds is 5. The third-order valence-corrected chi connectivity index (χ3v) is 3.65. The Morgan fingerprint density at radius 2 is 1.46 bits per heavy atom. The van der Waals surface area contributed by atoms with Crippen LogP contribution in [0.3, 0.4) is 0 Å². The normalized spacial score (nSPS) is 9.58. The standard InChI is InChI=1S/C20H20O6/c1-22-15-11-14(19(20(21)26-5)18(12-15)25-4)8-6-13-7-9-16(23-2)17(10-13)24-3/h7,9-12H,1-5H3. The van der Waals surface area contributed by atoms with Gasteiger partial charge in [0.05, 0.1) is 35.5 Å². The van der Waals surface area contributed by atoms with Gasteiger partial charge in [0.2, 0.25) is 0 Å². The Hall–Kier alpha value is -3.33. The number of esters is 1. The van der Waals surface area contributed by atoms with Gasteiger partial charge >= 0.3 is 5.97 Å². The predicted octanol–water partition coefficient (Wildman–Crippen LogP) is 2.91. The van der Waals surface area contributed by atoms with Gasteiger partial charge in [-0.05, 0) is 24.3 Å². The van der Waals surface area contributed by atoms with Crippen molar-refractivity contribution in [1.82, 2.24) is 0 Å². The van der Waals surface area contributed by atoms with Crippen LogP contribution in [0.15, 0.2) is 30.3 Å². The number of ether oxygens (including phenoxy) is 5. The van der Waals surface area contributed by atoms with E-state index >= 15 is 0 Å². The maximum absolute atomic E-state index is 12.2. The Morgan fingerprint density at radius 1 is 0.769 bits per heavy atom. The Labute approximate surface area is 152 Å². The van der Waals surface area contributed by atoms with Crippen molar-refractivity contribution in [3.8, 4) is 34.8 Å². The van der Waals surface area contributed by atoms with E-state index in [1.807, 2.05) is 0 Å². The average molecular weight is 356 g/mol. The molecular formula is C20H20O6. The highest BCUT2D eigenvalue weighted by molar-refractivity contribution is 5.95. The summed E-state index contributed by atoms with van der Waals surface area (Å²) in [5.41, 5.74) is 1.37. The zero-order valence-electron chi connectivity index (χ0n) is 15.3. The Morgan fingerprint density at radius 3 is 2.04 bits per heavy atom. The molecular weight excluding hydrogens is 336 g/mol. The molecule has 2 aromatic carbocycles. The Kier molecular flexibility index (Phi) is 6.34. The molecule has 2 aromatic rings. The molecule has 6 nitrogen and oxygen atoms in total. The summed E-state index contributed by atoms with van der Waals surface area (Å²) in [5, 5.41) is 0. The molecule has 0 unspecified atom stereocenters. The van der Waals surface area contributed by atoms with E-state index in [0.29, 0.717) is 34.1 Å². The second-order valence-electron chi connectivity index (χ2n) is 5.06. The van der Waals surface area contributed by atoms with Gasteiger partial charge in [-0.25, -0.2) is 4.79 Å². The molecule has 0 aliphatic rings. The van der Waals surface area contributed by atoms with Crippen LogP contribution in [-0.2, 0) is 4.74 Å². The minimum Gasteiger partial charge on any atom is -0.497 e. The number of hydrogen-bond donors (Lipinski definition) is 0. The van der Waals surface area contributed by atoms with Crippen molar-refractivity contribution in [2.75, 3.05) is 35.5 Å². The fraction of sp³-hybridized carbons (Fsp3) is 0.250. The molecule has 136 valence electrons. The van der Waals surface area contributed by atoms with E-state index in [2.05, 4.69) is 11.8 Å². The first kappa shape index (κ1) is 19.0. The van der Waals surface area contributed by atoms with Crippen LogP contribution in [0, 0.1) is 11.8 Å².